The Balaban J connectivity index is 1.92. The van der Waals surface area contributed by atoms with Crippen molar-refractivity contribution in [2.75, 3.05) is 23.7 Å². The monoisotopic (exact) mass is 322 g/mol. The first kappa shape index (κ1) is 16.0. The molecule has 21 heavy (non-hydrogen) atoms. The minimum atomic E-state index is 0.681. The van der Waals surface area contributed by atoms with Gasteiger partial charge in [-0.2, -0.15) is 0 Å². The van der Waals surface area contributed by atoms with Crippen molar-refractivity contribution in [2.45, 2.75) is 20.8 Å². The highest BCUT2D eigenvalue weighted by atomic mass is 35.5. The van der Waals surface area contributed by atoms with Crippen LogP contribution in [0, 0.1) is 20.8 Å². The molecule has 0 amide bonds. The van der Waals surface area contributed by atoms with Gasteiger partial charge < -0.3 is 10.6 Å². The Bertz CT molecular complexity index is 616. The second-order valence-corrected chi connectivity index (χ2v) is 6.10. The van der Waals surface area contributed by atoms with Gasteiger partial charge in [-0.15, -0.1) is 0 Å². The molecule has 2 aromatic rings. The summed E-state index contributed by atoms with van der Waals surface area (Å²) in [5, 5.41) is 8.13. The van der Waals surface area contributed by atoms with Gasteiger partial charge in [-0.3, -0.25) is 0 Å². The van der Waals surface area contributed by atoms with Gasteiger partial charge in [0.1, 0.15) is 0 Å². The maximum Gasteiger partial charge on any atom is 0.0638 e. The number of hydrogen-bond acceptors (Lipinski definition) is 2. The van der Waals surface area contributed by atoms with Gasteiger partial charge in [0.25, 0.3) is 0 Å². The molecule has 0 bridgehead atoms. The molecule has 0 unspecified atom stereocenters. The van der Waals surface area contributed by atoms with Crippen molar-refractivity contribution in [2.24, 2.45) is 0 Å². The van der Waals surface area contributed by atoms with E-state index >= 15 is 0 Å². The predicted molar refractivity (Wildman–Crippen MR) is 94.1 cm³/mol. The summed E-state index contributed by atoms with van der Waals surface area (Å²) in [4.78, 5) is 0. The van der Waals surface area contributed by atoms with E-state index in [1.165, 1.54) is 22.4 Å². The molecular weight excluding hydrogens is 303 g/mol. The van der Waals surface area contributed by atoms with Gasteiger partial charge in [0.05, 0.1) is 10.7 Å². The Labute approximate surface area is 136 Å². The number of hydrogen-bond donors (Lipinski definition) is 2. The normalized spacial score (nSPS) is 10.5. The third-order valence-corrected chi connectivity index (χ3v) is 3.91. The third-order valence-electron chi connectivity index (χ3n) is 3.35. The van der Waals surface area contributed by atoms with Crippen LogP contribution in [0.2, 0.25) is 10.0 Å². The molecule has 0 heterocycles. The van der Waals surface area contributed by atoms with E-state index in [2.05, 4.69) is 43.5 Å². The summed E-state index contributed by atoms with van der Waals surface area (Å²) in [6.45, 7) is 7.96. The summed E-state index contributed by atoms with van der Waals surface area (Å²) in [5.41, 5.74) is 5.91. The Morgan fingerprint density at radius 1 is 0.857 bits per heavy atom. The zero-order chi connectivity index (χ0) is 15.4. The maximum atomic E-state index is 6.12. The van der Waals surface area contributed by atoms with Crippen molar-refractivity contribution in [3.05, 3.63) is 57.1 Å². The number of aryl methyl sites for hydroxylation is 3. The molecule has 0 saturated carbocycles. The number of halogens is 2. The quantitative estimate of drug-likeness (QED) is 0.716. The van der Waals surface area contributed by atoms with Crippen molar-refractivity contribution >= 4 is 34.6 Å². The highest BCUT2D eigenvalue weighted by Crippen LogP contribution is 2.25. The van der Waals surface area contributed by atoms with Crippen LogP contribution in [0.4, 0.5) is 11.4 Å². The summed E-state index contributed by atoms with van der Waals surface area (Å²) in [6.07, 6.45) is 0. The summed E-state index contributed by atoms with van der Waals surface area (Å²) < 4.78 is 0. The Morgan fingerprint density at radius 2 is 1.48 bits per heavy atom. The number of rotatable bonds is 5. The van der Waals surface area contributed by atoms with Gasteiger partial charge in [0.2, 0.25) is 0 Å². The van der Waals surface area contributed by atoms with Crippen LogP contribution in [0.15, 0.2) is 30.3 Å². The second kappa shape index (κ2) is 7.06. The van der Waals surface area contributed by atoms with Gasteiger partial charge in [-0.25, -0.2) is 0 Å². The predicted octanol–water partition coefficient (Wildman–Crippen LogP) is 5.44. The van der Waals surface area contributed by atoms with E-state index in [0.717, 1.165) is 18.8 Å². The first-order chi connectivity index (χ1) is 9.97. The number of anilines is 2. The van der Waals surface area contributed by atoms with E-state index in [4.69, 9.17) is 23.2 Å². The summed E-state index contributed by atoms with van der Waals surface area (Å²) >= 11 is 12.1. The minimum absolute atomic E-state index is 0.681. The van der Waals surface area contributed by atoms with Crippen LogP contribution >= 0.6 is 23.2 Å². The molecule has 112 valence electrons. The molecule has 0 spiro atoms. The fourth-order valence-corrected chi connectivity index (χ4v) is 2.83. The highest BCUT2D eigenvalue weighted by Gasteiger charge is 2.04. The standard InChI is InChI=1S/C17H20Cl2N2/c1-11-8-12(2)17(13(3)9-11)21-7-6-20-16-10-14(18)4-5-15(16)19/h4-5,8-10,20-21H,6-7H2,1-3H3. The fraction of sp³-hybridized carbons (Fsp3) is 0.294. The summed E-state index contributed by atoms with van der Waals surface area (Å²) in [7, 11) is 0. The second-order valence-electron chi connectivity index (χ2n) is 5.25. The van der Waals surface area contributed by atoms with E-state index in [0.29, 0.717) is 10.0 Å². The van der Waals surface area contributed by atoms with E-state index in [1.54, 1.807) is 12.1 Å². The maximum absolute atomic E-state index is 6.12. The summed E-state index contributed by atoms with van der Waals surface area (Å²) in [5.74, 6) is 0. The molecule has 0 saturated heterocycles. The van der Waals surface area contributed by atoms with Crippen molar-refractivity contribution in [3.8, 4) is 0 Å². The molecule has 0 atom stereocenters. The third kappa shape index (κ3) is 4.29. The molecular formula is C17H20Cl2N2. The van der Waals surface area contributed by atoms with E-state index < -0.39 is 0 Å². The van der Waals surface area contributed by atoms with E-state index in [-0.39, 0.29) is 0 Å². The summed E-state index contributed by atoms with van der Waals surface area (Å²) in [6, 6.07) is 9.81. The molecule has 2 nitrogen and oxygen atoms in total. The number of benzene rings is 2. The van der Waals surface area contributed by atoms with Gasteiger partial charge in [0, 0.05) is 23.8 Å². The van der Waals surface area contributed by atoms with Gasteiger partial charge in [0.15, 0.2) is 0 Å². The Kier molecular flexibility index (Phi) is 5.38. The lowest BCUT2D eigenvalue weighted by Gasteiger charge is -2.15. The number of nitrogens with one attached hydrogen (secondary N) is 2. The molecule has 0 aromatic heterocycles. The fourth-order valence-electron chi connectivity index (χ4n) is 2.48. The van der Waals surface area contributed by atoms with Gasteiger partial charge in [-0.05, 0) is 50.1 Å². The van der Waals surface area contributed by atoms with Crippen molar-refractivity contribution in [3.63, 3.8) is 0 Å². The molecule has 2 rings (SSSR count). The molecule has 2 N–H and O–H groups in total. The first-order valence-corrected chi connectivity index (χ1v) is 7.73. The van der Waals surface area contributed by atoms with Crippen LogP contribution < -0.4 is 10.6 Å². The molecule has 4 heteroatoms. The lowest BCUT2D eigenvalue weighted by atomic mass is 10.1. The Morgan fingerprint density at radius 3 is 2.14 bits per heavy atom. The topological polar surface area (TPSA) is 24.1 Å². The van der Waals surface area contributed by atoms with Gasteiger partial charge >= 0.3 is 0 Å². The molecule has 0 aliphatic rings. The van der Waals surface area contributed by atoms with Crippen LogP contribution in [-0.2, 0) is 0 Å². The van der Waals surface area contributed by atoms with Crippen LogP contribution in [0.1, 0.15) is 16.7 Å². The molecule has 0 fully saturated rings. The van der Waals surface area contributed by atoms with Crippen molar-refractivity contribution in [1.82, 2.24) is 0 Å². The smallest absolute Gasteiger partial charge is 0.0638 e. The average molecular weight is 323 g/mol. The zero-order valence-electron chi connectivity index (χ0n) is 12.6. The van der Waals surface area contributed by atoms with Gasteiger partial charge in [-0.1, -0.05) is 40.9 Å². The largest absolute Gasteiger partial charge is 0.383 e. The molecule has 0 aliphatic carbocycles. The SMILES string of the molecule is Cc1cc(C)c(NCCNc2cc(Cl)ccc2Cl)c(C)c1. The van der Waals surface area contributed by atoms with E-state index in [1.807, 2.05) is 6.07 Å². The van der Waals surface area contributed by atoms with Crippen molar-refractivity contribution < 1.29 is 0 Å². The van der Waals surface area contributed by atoms with Crippen LogP contribution in [0.5, 0.6) is 0 Å². The molecule has 0 aliphatic heterocycles. The lowest BCUT2D eigenvalue weighted by molar-refractivity contribution is 1.07. The lowest BCUT2D eigenvalue weighted by Crippen LogP contribution is -2.15. The zero-order valence-corrected chi connectivity index (χ0v) is 14.1. The molecule has 2 aromatic carbocycles. The Hall–Kier alpha value is -1.38. The average Bonchev–Trinajstić information content (AvgIpc) is 2.40. The minimum Gasteiger partial charge on any atom is -0.383 e. The highest BCUT2D eigenvalue weighted by molar-refractivity contribution is 6.35. The molecule has 0 radical (unpaired) electrons. The van der Waals surface area contributed by atoms with Crippen LogP contribution in [-0.4, -0.2) is 13.1 Å². The van der Waals surface area contributed by atoms with Crippen LogP contribution in [0.25, 0.3) is 0 Å². The van der Waals surface area contributed by atoms with E-state index in [9.17, 15) is 0 Å². The van der Waals surface area contributed by atoms with Crippen molar-refractivity contribution in [1.29, 1.82) is 0 Å². The van der Waals surface area contributed by atoms with Crippen LogP contribution in [0.3, 0.4) is 0 Å². The first-order valence-electron chi connectivity index (χ1n) is 6.98.